The van der Waals surface area contributed by atoms with E-state index in [1.54, 1.807) is 0 Å². The van der Waals surface area contributed by atoms with E-state index in [0.717, 1.165) is 0 Å². The highest BCUT2D eigenvalue weighted by Gasteiger charge is 2.61. The summed E-state index contributed by atoms with van der Waals surface area (Å²) in [6, 6.07) is 0. The third kappa shape index (κ3) is 0.693. The SMILES string of the molecule is CC1(F)C(F)=COC1(F)F. The van der Waals surface area contributed by atoms with Gasteiger partial charge in [-0.05, 0) is 6.92 Å². The highest BCUT2D eigenvalue weighted by molar-refractivity contribution is 5.14. The minimum atomic E-state index is -4.07. The van der Waals surface area contributed by atoms with E-state index >= 15 is 0 Å². The Morgan fingerprint density at radius 1 is 1.40 bits per heavy atom. The predicted molar refractivity (Wildman–Crippen MR) is 24.7 cm³/mol. The molecular weight excluding hydrogens is 152 g/mol. The molecule has 1 unspecified atom stereocenters. The van der Waals surface area contributed by atoms with E-state index in [1.165, 1.54) is 0 Å². The van der Waals surface area contributed by atoms with Crippen molar-refractivity contribution in [3.63, 3.8) is 0 Å². The summed E-state index contributed by atoms with van der Waals surface area (Å²) in [7, 11) is 0. The van der Waals surface area contributed by atoms with E-state index in [1.807, 2.05) is 0 Å². The molecule has 1 aliphatic rings. The number of rotatable bonds is 0. The lowest BCUT2D eigenvalue weighted by Crippen LogP contribution is -2.38. The number of hydrogen-bond donors (Lipinski definition) is 0. The van der Waals surface area contributed by atoms with Crippen LogP contribution in [0.1, 0.15) is 6.92 Å². The fourth-order valence-corrected chi connectivity index (χ4v) is 0.486. The number of hydrogen-bond acceptors (Lipinski definition) is 1. The molecule has 0 bridgehead atoms. The lowest BCUT2D eigenvalue weighted by molar-refractivity contribution is -0.252. The van der Waals surface area contributed by atoms with Gasteiger partial charge in [0.15, 0.2) is 5.83 Å². The average molecular weight is 156 g/mol. The van der Waals surface area contributed by atoms with E-state index in [9.17, 15) is 17.6 Å². The fourth-order valence-electron chi connectivity index (χ4n) is 0.486. The Balaban J connectivity index is 2.96. The van der Waals surface area contributed by atoms with Crippen LogP contribution >= 0.6 is 0 Å². The van der Waals surface area contributed by atoms with Gasteiger partial charge in [-0.25, -0.2) is 8.78 Å². The first kappa shape index (κ1) is 7.37. The van der Waals surface area contributed by atoms with Crippen molar-refractivity contribution in [2.45, 2.75) is 18.7 Å². The zero-order valence-corrected chi connectivity index (χ0v) is 5.00. The van der Waals surface area contributed by atoms with Crippen molar-refractivity contribution in [2.24, 2.45) is 0 Å². The molecule has 0 saturated heterocycles. The number of ether oxygens (including phenoxy) is 1. The molecule has 1 atom stereocenters. The topological polar surface area (TPSA) is 9.23 Å². The quantitative estimate of drug-likeness (QED) is 0.488. The van der Waals surface area contributed by atoms with Crippen LogP contribution < -0.4 is 0 Å². The van der Waals surface area contributed by atoms with Crippen LogP contribution in [0.4, 0.5) is 17.6 Å². The van der Waals surface area contributed by atoms with Crippen molar-refractivity contribution in [3.05, 3.63) is 12.1 Å². The monoisotopic (exact) mass is 156 g/mol. The molecule has 10 heavy (non-hydrogen) atoms. The predicted octanol–water partition coefficient (Wildman–Crippen LogP) is 2.15. The standard InChI is InChI=1S/C5H4F4O/c1-4(7)3(6)2-10-5(4,8)9/h2H,1H3. The maximum absolute atomic E-state index is 12.5. The van der Waals surface area contributed by atoms with Crippen molar-refractivity contribution in [1.29, 1.82) is 0 Å². The lowest BCUT2D eigenvalue weighted by atomic mass is 10.1. The van der Waals surface area contributed by atoms with Crippen LogP contribution in [0, 0.1) is 0 Å². The highest BCUT2D eigenvalue weighted by Crippen LogP contribution is 2.44. The van der Waals surface area contributed by atoms with Crippen LogP contribution in [0.2, 0.25) is 0 Å². The maximum Gasteiger partial charge on any atom is 0.439 e. The summed E-state index contributed by atoms with van der Waals surface area (Å²) < 4.78 is 52.1. The molecule has 0 aromatic rings. The van der Waals surface area contributed by atoms with E-state index in [4.69, 9.17) is 0 Å². The number of alkyl halides is 3. The normalized spacial score (nSPS) is 37.1. The zero-order chi connectivity index (χ0) is 7.99. The molecule has 0 aromatic carbocycles. The van der Waals surface area contributed by atoms with Gasteiger partial charge in [-0.3, -0.25) is 0 Å². The van der Waals surface area contributed by atoms with Crippen LogP contribution in [-0.4, -0.2) is 11.8 Å². The summed E-state index contributed by atoms with van der Waals surface area (Å²) in [5, 5.41) is 0. The molecule has 1 heterocycles. The van der Waals surface area contributed by atoms with Crippen LogP contribution in [-0.2, 0) is 4.74 Å². The van der Waals surface area contributed by atoms with Gasteiger partial charge in [-0.1, -0.05) is 0 Å². The molecule has 58 valence electrons. The smallest absolute Gasteiger partial charge is 0.435 e. The van der Waals surface area contributed by atoms with Crippen molar-refractivity contribution in [1.82, 2.24) is 0 Å². The Hall–Kier alpha value is -0.740. The Labute approximate surface area is 54.3 Å². The summed E-state index contributed by atoms with van der Waals surface area (Å²) >= 11 is 0. The second kappa shape index (κ2) is 1.65. The molecular formula is C5H4F4O. The third-order valence-corrected chi connectivity index (χ3v) is 1.31. The van der Waals surface area contributed by atoms with Crippen LogP contribution in [0.25, 0.3) is 0 Å². The van der Waals surface area contributed by atoms with Crippen molar-refractivity contribution >= 4 is 0 Å². The van der Waals surface area contributed by atoms with E-state index in [-0.39, 0.29) is 6.26 Å². The van der Waals surface area contributed by atoms with Gasteiger partial charge in [0.2, 0.25) is 0 Å². The first-order chi connectivity index (χ1) is 4.38. The highest BCUT2D eigenvalue weighted by atomic mass is 19.3. The summed E-state index contributed by atoms with van der Waals surface area (Å²) in [4.78, 5) is 0. The molecule has 0 aliphatic carbocycles. The third-order valence-electron chi connectivity index (χ3n) is 1.31. The minimum absolute atomic E-state index is 0.0833. The average Bonchev–Trinajstić information content (AvgIpc) is 1.94. The summed E-state index contributed by atoms with van der Waals surface area (Å²) in [5.41, 5.74) is -3.31. The first-order valence-corrected chi connectivity index (χ1v) is 2.48. The maximum atomic E-state index is 12.5. The van der Waals surface area contributed by atoms with Gasteiger partial charge in [0.1, 0.15) is 6.26 Å². The van der Waals surface area contributed by atoms with Crippen molar-refractivity contribution in [3.8, 4) is 0 Å². The van der Waals surface area contributed by atoms with Crippen molar-refractivity contribution < 1.29 is 22.3 Å². The van der Waals surface area contributed by atoms with Gasteiger partial charge in [-0.15, -0.1) is 0 Å². The Bertz CT molecular complexity index is 184. The molecule has 0 saturated carbocycles. The van der Waals surface area contributed by atoms with E-state index in [2.05, 4.69) is 4.74 Å². The molecule has 0 radical (unpaired) electrons. The molecule has 1 aliphatic heterocycles. The Morgan fingerprint density at radius 2 is 1.90 bits per heavy atom. The second-order valence-corrected chi connectivity index (χ2v) is 2.10. The van der Waals surface area contributed by atoms with Crippen LogP contribution in [0.3, 0.4) is 0 Å². The summed E-state index contributed by atoms with van der Waals surface area (Å²) in [6.07, 6.45) is -3.99. The van der Waals surface area contributed by atoms with Crippen LogP contribution in [0.15, 0.2) is 12.1 Å². The molecule has 1 rings (SSSR count). The van der Waals surface area contributed by atoms with Crippen molar-refractivity contribution in [2.75, 3.05) is 0 Å². The summed E-state index contributed by atoms with van der Waals surface area (Å²) in [5.74, 6) is -1.59. The summed E-state index contributed by atoms with van der Waals surface area (Å²) in [6.45, 7) is 0.422. The van der Waals surface area contributed by atoms with Gasteiger partial charge in [0.25, 0.3) is 5.67 Å². The fraction of sp³-hybridized carbons (Fsp3) is 0.600. The number of halogens is 4. The lowest BCUT2D eigenvalue weighted by Gasteiger charge is -2.19. The van der Waals surface area contributed by atoms with Gasteiger partial charge in [-0.2, -0.15) is 8.78 Å². The van der Waals surface area contributed by atoms with Gasteiger partial charge in [0, 0.05) is 0 Å². The van der Waals surface area contributed by atoms with Gasteiger partial charge >= 0.3 is 6.11 Å². The van der Waals surface area contributed by atoms with Gasteiger partial charge in [0.05, 0.1) is 0 Å². The molecule has 0 fully saturated rings. The van der Waals surface area contributed by atoms with Crippen LogP contribution in [0.5, 0.6) is 0 Å². The molecule has 0 aromatic heterocycles. The Morgan fingerprint density at radius 3 is 2.00 bits per heavy atom. The van der Waals surface area contributed by atoms with E-state index < -0.39 is 17.6 Å². The molecule has 0 N–H and O–H groups in total. The largest absolute Gasteiger partial charge is 0.439 e. The molecule has 5 heteroatoms. The minimum Gasteiger partial charge on any atom is -0.435 e. The first-order valence-electron chi connectivity index (χ1n) is 2.48. The molecule has 0 spiro atoms. The molecule has 0 amide bonds. The Kier molecular flexibility index (Phi) is 1.21. The van der Waals surface area contributed by atoms with Gasteiger partial charge < -0.3 is 4.74 Å². The van der Waals surface area contributed by atoms with E-state index in [0.29, 0.717) is 6.92 Å². The second-order valence-electron chi connectivity index (χ2n) is 2.10. The zero-order valence-electron chi connectivity index (χ0n) is 5.00. The molecule has 1 nitrogen and oxygen atoms in total.